The first-order valence-electron chi connectivity index (χ1n) is 46.0. The highest BCUT2D eigenvalue weighted by molar-refractivity contribution is 7.91. The second kappa shape index (κ2) is 55.3. The summed E-state index contributed by atoms with van der Waals surface area (Å²) in [5.74, 6) is 2.63. The summed E-state index contributed by atoms with van der Waals surface area (Å²) >= 11 is 0. The fraction of sp³-hybridized carbons (Fsp3) is 0.924. The number of piperazine rings is 5. The van der Waals surface area contributed by atoms with Gasteiger partial charge in [-0.25, -0.2) is 8.42 Å². The number of hydrogen-bond donors (Lipinski definition) is 3. The van der Waals surface area contributed by atoms with E-state index < -0.39 is 20.6 Å². The topological polar surface area (TPSA) is 143 Å². The number of hydrogen-bond acceptors (Lipinski definition) is 18. The van der Waals surface area contributed by atoms with E-state index in [2.05, 4.69) is 316 Å². The van der Waals surface area contributed by atoms with Gasteiger partial charge in [-0.15, -0.1) is 0 Å². The van der Waals surface area contributed by atoms with Crippen molar-refractivity contribution in [3.63, 3.8) is 0 Å². The first kappa shape index (κ1) is 107. The van der Waals surface area contributed by atoms with Gasteiger partial charge in [0.2, 0.25) is 5.91 Å². The van der Waals surface area contributed by atoms with Gasteiger partial charge in [-0.1, -0.05) is 37.1 Å². The molecule has 9 fully saturated rings. The summed E-state index contributed by atoms with van der Waals surface area (Å²) < 4.78 is 32.9. The molecule has 10 aliphatic rings. The van der Waals surface area contributed by atoms with Gasteiger partial charge in [0, 0.05) is 280 Å². The molecule has 668 valence electrons. The smallest absolute Gasteiger partial charge is 0.219 e. The number of benzene rings is 1. The van der Waals surface area contributed by atoms with Crippen LogP contribution in [0.1, 0.15) is 278 Å². The van der Waals surface area contributed by atoms with Crippen LogP contribution in [0.3, 0.4) is 0 Å². The molecule has 21 heteroatoms. The summed E-state index contributed by atoms with van der Waals surface area (Å²) in [6, 6.07) is 21.8. The van der Waals surface area contributed by atoms with Crippen LogP contribution >= 0.6 is 0 Å². The van der Waals surface area contributed by atoms with Crippen molar-refractivity contribution in [3.8, 4) is 0 Å². The molecule has 8 unspecified atom stereocenters. The molecule has 10 heterocycles. The summed E-state index contributed by atoms with van der Waals surface area (Å²) in [4.78, 5) is 40.4. The molecule has 3 N–H and O–H groups in total. The number of rotatable bonds is 11. The summed E-state index contributed by atoms with van der Waals surface area (Å²) in [7, 11) is -3.21. The van der Waals surface area contributed by atoms with Crippen molar-refractivity contribution < 1.29 is 17.4 Å². The van der Waals surface area contributed by atoms with Crippen molar-refractivity contribution in [1.29, 1.82) is 0 Å². The average molecular weight is 1630 g/mol. The van der Waals surface area contributed by atoms with Gasteiger partial charge in [0.25, 0.3) is 0 Å². The van der Waals surface area contributed by atoms with E-state index in [1.807, 2.05) is 4.90 Å². The minimum atomic E-state index is -2.69. The van der Waals surface area contributed by atoms with Crippen LogP contribution in [-0.2, 0) is 38.4 Å². The first-order valence-corrected chi connectivity index (χ1v) is 49.3. The lowest BCUT2D eigenvalue weighted by Crippen LogP contribution is -2.57. The molecular weight excluding hydrogens is 1440 g/mol. The summed E-state index contributed by atoms with van der Waals surface area (Å²) in [5.41, 5.74) is 3.51. The van der Waals surface area contributed by atoms with E-state index in [-0.39, 0.29) is 5.91 Å². The van der Waals surface area contributed by atoms with Crippen molar-refractivity contribution in [2.24, 2.45) is 0 Å². The molecule has 10 aliphatic heterocycles. The Hall–Kier alpha value is -1.77. The normalized spacial score (nSPS) is 27.2. The lowest BCUT2D eigenvalue weighted by Gasteiger charge is -2.45. The third-order valence-corrected chi connectivity index (χ3v) is 28.1. The molecule has 0 aromatic heterocycles. The van der Waals surface area contributed by atoms with Gasteiger partial charge in [0.05, 0.1) is 11.5 Å². The molecule has 1 amide bonds. The molecule has 0 radical (unpaired) electrons. The van der Waals surface area contributed by atoms with Crippen LogP contribution < -0.4 is 16.0 Å². The Labute approximate surface area is 704 Å². The Morgan fingerprint density at radius 3 is 1.19 bits per heavy atom. The van der Waals surface area contributed by atoms with E-state index in [1.54, 1.807) is 12.5 Å². The van der Waals surface area contributed by atoms with Crippen molar-refractivity contribution in [2.45, 2.75) is 400 Å². The number of fused-ring (bicyclic) bond motifs is 1. The van der Waals surface area contributed by atoms with Crippen molar-refractivity contribution in [3.05, 3.63) is 35.4 Å². The highest BCUT2D eigenvalue weighted by Crippen LogP contribution is 2.29. The van der Waals surface area contributed by atoms with Crippen LogP contribution in [0.25, 0.3) is 0 Å². The second-order valence-electron chi connectivity index (χ2n) is 38.8. The number of nitrogens with one attached hydrogen (secondary N) is 3. The van der Waals surface area contributed by atoms with Crippen LogP contribution in [0, 0.1) is 0 Å². The SMILES string of the molecule is CC(=O)N1CCN(C(C)C)CC1.CC(C)N1C(C)CCCC1C.CC(C)N1C(C)CNCC1C.CC(C)N1CCCCC1(C)C.CC(C)N1CCN(C(C)C)CC1.CC(C)N1CCS(=O)(=O)CC1.CC(C)N1CCS(=O)CC1.CC(C)N1CCc2ccccc2C1.CC1CN(C(C)C)C(C)CN1.CC1CN(C(C)C)CC(C)N1. The third kappa shape index (κ3) is 42.1. The molecule has 19 nitrogen and oxygen atoms in total. The fourth-order valence-corrected chi connectivity index (χ4v) is 20.4. The minimum absolute atomic E-state index is 0.207. The van der Waals surface area contributed by atoms with E-state index >= 15 is 0 Å². The molecule has 0 saturated carbocycles. The molecule has 0 bridgehead atoms. The number of carbonyl (C=O) groups is 1. The van der Waals surface area contributed by atoms with E-state index in [0.29, 0.717) is 115 Å². The maximum absolute atomic E-state index is 11.0. The molecule has 1 aromatic carbocycles. The van der Waals surface area contributed by atoms with Crippen molar-refractivity contribution in [1.82, 2.24) is 74.7 Å². The molecule has 8 atom stereocenters. The minimum Gasteiger partial charge on any atom is -0.340 e. The molecule has 11 rings (SSSR count). The van der Waals surface area contributed by atoms with E-state index in [4.69, 9.17) is 0 Å². The number of sulfone groups is 1. The number of amides is 1. The van der Waals surface area contributed by atoms with Gasteiger partial charge >= 0.3 is 0 Å². The Balaban J connectivity index is 0.000000426. The van der Waals surface area contributed by atoms with Gasteiger partial charge in [-0.05, 0) is 271 Å². The lowest BCUT2D eigenvalue weighted by atomic mass is 9.89. The molecule has 0 aliphatic carbocycles. The Morgan fingerprint density at radius 1 is 0.425 bits per heavy atom. The number of nitrogens with zero attached hydrogens (tertiary/aromatic N) is 12. The fourth-order valence-electron chi connectivity index (χ4n) is 18.1. The summed E-state index contributed by atoms with van der Waals surface area (Å²) in [6.07, 6.45) is 9.59. The summed E-state index contributed by atoms with van der Waals surface area (Å²) in [6.45, 7) is 97.1. The number of likely N-dealkylation sites (tertiary alicyclic amines) is 2. The van der Waals surface area contributed by atoms with Crippen LogP contribution in [0.15, 0.2) is 24.3 Å². The predicted molar refractivity (Wildman–Crippen MR) is 494 cm³/mol. The lowest BCUT2D eigenvalue weighted by molar-refractivity contribution is -0.130. The zero-order valence-electron chi connectivity index (χ0n) is 80.2. The number of piperidine rings is 2. The van der Waals surface area contributed by atoms with E-state index in [0.717, 1.165) is 107 Å². The summed E-state index contributed by atoms with van der Waals surface area (Å²) in [5, 5.41) is 10.4. The zero-order chi connectivity index (χ0) is 85.8. The van der Waals surface area contributed by atoms with Gasteiger partial charge < -0.3 is 20.9 Å². The Morgan fingerprint density at radius 2 is 0.832 bits per heavy atom. The third-order valence-electron chi connectivity index (χ3n) is 25.2. The van der Waals surface area contributed by atoms with Crippen LogP contribution in [0.4, 0.5) is 0 Å². The number of carbonyl (C=O) groups excluding carboxylic acids is 1. The van der Waals surface area contributed by atoms with E-state index in [1.165, 1.54) is 109 Å². The van der Waals surface area contributed by atoms with E-state index in [9.17, 15) is 17.4 Å². The molecule has 0 spiro atoms. The van der Waals surface area contributed by atoms with Gasteiger partial charge in [-0.2, -0.15) is 0 Å². The Bertz CT molecular complexity index is 2650. The van der Waals surface area contributed by atoms with Crippen molar-refractivity contribution >= 4 is 26.5 Å². The van der Waals surface area contributed by atoms with Gasteiger partial charge in [-0.3, -0.25) is 62.9 Å². The Kier molecular flexibility index (Phi) is 52.5. The van der Waals surface area contributed by atoms with Crippen LogP contribution in [0.5, 0.6) is 0 Å². The van der Waals surface area contributed by atoms with Crippen LogP contribution in [0.2, 0.25) is 0 Å². The van der Waals surface area contributed by atoms with Crippen molar-refractivity contribution in [2.75, 3.05) is 154 Å². The average Bonchev–Trinajstić information content (AvgIpc) is 0.827. The molecule has 113 heavy (non-hydrogen) atoms. The monoisotopic (exact) mass is 1630 g/mol. The maximum atomic E-state index is 11.0. The highest BCUT2D eigenvalue weighted by atomic mass is 32.2. The highest BCUT2D eigenvalue weighted by Gasteiger charge is 2.33. The predicted octanol–water partition coefficient (Wildman–Crippen LogP) is 13.6. The molecular formula is C92H189N15O4S2. The first-order chi connectivity index (χ1) is 52.7. The van der Waals surface area contributed by atoms with Crippen LogP contribution in [-0.4, -0.2) is 352 Å². The van der Waals surface area contributed by atoms with Gasteiger partial charge in [0.15, 0.2) is 9.84 Å². The quantitative estimate of drug-likeness (QED) is 0.193. The molecule has 1 aromatic rings. The maximum Gasteiger partial charge on any atom is 0.219 e. The van der Waals surface area contributed by atoms with Gasteiger partial charge in [0.1, 0.15) is 0 Å². The molecule has 9 saturated heterocycles. The standard InChI is InChI=1S/C12H17N.C10H22N2.2C10H21N.C9H18N2O.3C9H20N2.C7H15NO2S.C7H15NOS/c1-10(2)13-8-7-11-5-3-4-6-12(11)9-13;1-9(2)11-5-7-12(8-6-11)10(3)4;1-9(2)11-8-6-5-7-10(11,3)4;1-8(2)11-9(3)6-5-7-10(11)4;1-8(2)10-4-6-11(7-5-10)9(3)12;1-7(2)11-6-8(3)10-5-9(11)4;1-7(2)11-5-8(3)10-9(4)6-11;1-7(2)11-8(3)5-10-6-9(11)4;1-7(2)8-3-5-11(9,10)6-4-8;1-7(2)8-3-5-10(9)6-4-8/h3-6,10H,7-9H2,1-2H3;9-10H,5-8H2,1-4H3;9H,5-8H2,1-4H3;8-10H,5-7H2,1-4H3;8H,4-7H2,1-3H3;3*7-10H,5-6H2,1-4H3;7H,3-6H2,1-2H3;7H,3-6H2,1-2H3. The zero-order valence-corrected chi connectivity index (χ0v) is 81.9. The second-order valence-corrected chi connectivity index (χ2v) is 42.8. The largest absolute Gasteiger partial charge is 0.340 e.